The van der Waals surface area contributed by atoms with E-state index in [-0.39, 0.29) is 22.0 Å². The van der Waals surface area contributed by atoms with Gasteiger partial charge in [-0.3, -0.25) is 0 Å². The maximum atomic E-state index is 12.7. The Hall–Kier alpha value is -1.72. The molecule has 0 heterocycles. The molecule has 3 fully saturated rings. The van der Waals surface area contributed by atoms with Gasteiger partial charge in [-0.2, -0.15) is 0 Å². The van der Waals surface area contributed by atoms with Crippen LogP contribution < -0.4 is 10.4 Å². The second kappa shape index (κ2) is 11.2. The van der Waals surface area contributed by atoms with Crippen LogP contribution in [0.4, 0.5) is 0 Å². The summed E-state index contributed by atoms with van der Waals surface area (Å²) < 4.78 is 0. The number of benzene rings is 2. The van der Waals surface area contributed by atoms with E-state index in [1.807, 2.05) is 12.1 Å². The molecule has 0 aromatic heterocycles. The minimum Gasteiger partial charge on any atom is -0.424 e. The number of aliphatic hydroxyl groups is 2. The van der Waals surface area contributed by atoms with E-state index in [0.717, 1.165) is 55.3 Å². The van der Waals surface area contributed by atoms with Gasteiger partial charge in [-0.1, -0.05) is 107 Å². The van der Waals surface area contributed by atoms with E-state index >= 15 is 0 Å². The molecule has 40 heavy (non-hydrogen) atoms. The van der Waals surface area contributed by atoms with Crippen LogP contribution in [0.1, 0.15) is 91.9 Å². The largest absolute Gasteiger partial charge is 0.424 e. The highest BCUT2D eigenvalue weighted by Crippen LogP contribution is 2.63. The van der Waals surface area contributed by atoms with Gasteiger partial charge in [0.1, 0.15) is 0 Å². The monoisotopic (exact) mass is 560 g/mol. The molecular formula is C36H52O3Si. The van der Waals surface area contributed by atoms with Crippen molar-refractivity contribution in [2.24, 2.45) is 28.6 Å². The molecule has 3 aliphatic carbocycles. The van der Waals surface area contributed by atoms with Gasteiger partial charge in [0.15, 0.2) is 0 Å². The van der Waals surface area contributed by atoms with Crippen LogP contribution in [0.15, 0.2) is 72.8 Å². The number of rotatable bonds is 8. The van der Waals surface area contributed by atoms with Gasteiger partial charge < -0.3 is 15.0 Å². The molecule has 0 spiro atoms. The van der Waals surface area contributed by atoms with E-state index in [9.17, 15) is 15.0 Å². The van der Waals surface area contributed by atoms with Crippen molar-refractivity contribution in [3.8, 4) is 0 Å². The molecular weight excluding hydrogens is 508 g/mol. The van der Waals surface area contributed by atoms with Crippen molar-refractivity contribution >= 4 is 18.7 Å². The van der Waals surface area contributed by atoms with Gasteiger partial charge in [0.2, 0.25) is 0 Å². The predicted octanol–water partition coefficient (Wildman–Crippen LogP) is 6.60. The number of hydrogen-bond acceptors (Lipinski definition) is 3. The maximum absolute atomic E-state index is 12.7. The van der Waals surface area contributed by atoms with Crippen molar-refractivity contribution in [3.63, 3.8) is 0 Å². The van der Waals surface area contributed by atoms with E-state index in [2.05, 4.69) is 82.8 Å². The van der Waals surface area contributed by atoms with Crippen molar-refractivity contribution in [1.29, 1.82) is 0 Å². The first-order valence-corrected chi connectivity index (χ1v) is 17.8. The Bertz CT molecular complexity index is 1120. The lowest BCUT2D eigenvalue weighted by Crippen LogP contribution is -2.65. The minimum absolute atomic E-state index is 0.145. The maximum Gasteiger partial charge on any atom is 0.258 e. The van der Waals surface area contributed by atoms with Gasteiger partial charge in [-0.15, -0.1) is 0 Å². The summed E-state index contributed by atoms with van der Waals surface area (Å²) in [4.78, 5) is 12.7. The molecule has 0 radical (unpaired) electrons. The van der Waals surface area contributed by atoms with Crippen LogP contribution >= 0.6 is 0 Å². The highest BCUT2D eigenvalue weighted by atomic mass is 28.4. The molecule has 3 saturated carbocycles. The van der Waals surface area contributed by atoms with Gasteiger partial charge >= 0.3 is 0 Å². The number of allylic oxidation sites excluding steroid dienone is 1. The van der Waals surface area contributed by atoms with E-state index in [4.69, 9.17) is 0 Å². The summed E-state index contributed by atoms with van der Waals surface area (Å²) >= 11 is 0. The Kier molecular flexibility index (Phi) is 8.31. The summed E-state index contributed by atoms with van der Waals surface area (Å²) in [6.45, 7) is 13.9. The summed E-state index contributed by atoms with van der Waals surface area (Å²) in [5.41, 5.74) is 1.49. The Labute approximate surface area is 243 Å². The highest BCUT2D eigenvalue weighted by Gasteiger charge is 2.57. The summed E-state index contributed by atoms with van der Waals surface area (Å²) in [5.74, 6) is 1.60. The lowest BCUT2D eigenvalue weighted by molar-refractivity contribution is -0.120. The molecule has 0 amide bonds. The summed E-state index contributed by atoms with van der Waals surface area (Å²) in [7, 11) is -3.03. The third kappa shape index (κ3) is 4.97. The van der Waals surface area contributed by atoms with E-state index < -0.39 is 14.4 Å². The number of aliphatic hydroxyl groups excluding tert-OH is 2. The minimum atomic E-state index is -3.03. The predicted molar refractivity (Wildman–Crippen MR) is 168 cm³/mol. The Morgan fingerprint density at radius 2 is 1.48 bits per heavy atom. The summed E-state index contributed by atoms with van der Waals surface area (Å²) in [6, 6.07) is 20.8. The molecule has 4 heteroatoms. The molecule has 0 saturated heterocycles. The fraction of sp³-hybridized carbons (Fsp3) is 0.611. The molecule has 2 aromatic carbocycles. The fourth-order valence-corrected chi connectivity index (χ4v) is 13.2. The SMILES string of the molecule is C=C1CCC2[C@H](CCCC(C)(C)[Si](O)(c3ccccc3)c3ccccc3)C([C@@]3(C)CC[C@H](O)C[C@@H]3O)CC[C@]12C. The second-order valence-electron chi connectivity index (χ2n) is 14.6. The lowest BCUT2D eigenvalue weighted by Gasteiger charge is -2.56. The van der Waals surface area contributed by atoms with E-state index in [1.54, 1.807) is 0 Å². The lowest BCUT2D eigenvalue weighted by atomic mass is 9.50. The Balaban J connectivity index is 1.41. The first-order chi connectivity index (χ1) is 18.9. The smallest absolute Gasteiger partial charge is 0.258 e. The molecule has 2 unspecified atom stereocenters. The highest BCUT2D eigenvalue weighted by molar-refractivity contribution is 6.98. The Morgan fingerprint density at radius 3 is 2.05 bits per heavy atom. The molecule has 2 aromatic rings. The van der Waals surface area contributed by atoms with Crippen LogP contribution in [0.2, 0.25) is 5.04 Å². The molecule has 3 aliphatic rings. The van der Waals surface area contributed by atoms with Crippen molar-refractivity contribution in [2.75, 3.05) is 0 Å². The van der Waals surface area contributed by atoms with Crippen molar-refractivity contribution in [3.05, 3.63) is 72.8 Å². The normalized spacial score (nSPS) is 35.0. The standard InChI is InChI=1S/C36H52O3Si/c1-26-18-19-31-30(32(21-24-35(26,31)4)36(5)23-20-27(37)25-33(36)38)17-12-22-34(2,3)40(39,28-13-8-6-9-14-28)29-15-10-7-11-16-29/h6-11,13-16,27,30-33,37-39H,1,12,17-25H2,2-5H3/t27-,30-,31?,32?,33-,35+,36+/m0/s1. The zero-order valence-electron chi connectivity index (χ0n) is 25.3. The zero-order valence-corrected chi connectivity index (χ0v) is 26.3. The first-order valence-electron chi connectivity index (χ1n) is 15.8. The summed E-state index contributed by atoms with van der Waals surface area (Å²) in [6.07, 6.45) is 9.19. The quantitative estimate of drug-likeness (QED) is 0.252. The van der Waals surface area contributed by atoms with Crippen molar-refractivity contribution in [1.82, 2.24) is 0 Å². The van der Waals surface area contributed by atoms with Crippen molar-refractivity contribution in [2.45, 2.75) is 109 Å². The van der Waals surface area contributed by atoms with Gasteiger partial charge in [-0.25, -0.2) is 0 Å². The van der Waals surface area contributed by atoms with E-state index in [0.29, 0.717) is 24.2 Å². The topological polar surface area (TPSA) is 60.7 Å². The molecule has 5 rings (SSSR count). The first kappa shape index (κ1) is 29.8. The van der Waals surface area contributed by atoms with Crippen LogP contribution in [0, 0.1) is 28.6 Å². The van der Waals surface area contributed by atoms with Gasteiger partial charge in [0.25, 0.3) is 8.32 Å². The molecule has 0 aliphatic heterocycles. The zero-order chi connectivity index (χ0) is 28.8. The van der Waals surface area contributed by atoms with Crippen LogP contribution in [0.25, 0.3) is 0 Å². The van der Waals surface area contributed by atoms with Crippen molar-refractivity contribution < 1.29 is 15.0 Å². The number of hydrogen-bond donors (Lipinski definition) is 3. The van der Waals surface area contributed by atoms with Crippen LogP contribution in [-0.4, -0.2) is 35.5 Å². The molecule has 218 valence electrons. The van der Waals surface area contributed by atoms with Crippen LogP contribution in [0.5, 0.6) is 0 Å². The van der Waals surface area contributed by atoms with Crippen LogP contribution in [-0.2, 0) is 0 Å². The average Bonchev–Trinajstić information content (AvgIpc) is 3.25. The molecule has 7 atom stereocenters. The average molecular weight is 561 g/mol. The number of fused-ring (bicyclic) bond motifs is 1. The molecule has 3 nitrogen and oxygen atoms in total. The van der Waals surface area contributed by atoms with Crippen LogP contribution in [0.3, 0.4) is 0 Å². The van der Waals surface area contributed by atoms with Gasteiger partial charge in [-0.05, 0) is 102 Å². The van der Waals surface area contributed by atoms with E-state index in [1.165, 1.54) is 18.4 Å². The fourth-order valence-electron chi connectivity index (χ4n) is 9.40. The molecule has 0 bridgehead atoms. The van der Waals surface area contributed by atoms with Gasteiger partial charge in [0.05, 0.1) is 12.2 Å². The Morgan fingerprint density at radius 1 is 0.875 bits per heavy atom. The second-order valence-corrected chi connectivity index (χ2v) is 18.6. The summed E-state index contributed by atoms with van der Waals surface area (Å²) in [5, 5.41) is 23.6. The van der Waals surface area contributed by atoms with Gasteiger partial charge in [0, 0.05) is 0 Å². The third-order valence-electron chi connectivity index (χ3n) is 12.2. The molecule has 3 N–H and O–H groups in total. The third-order valence-corrected chi connectivity index (χ3v) is 16.8.